The standard InChI is InChI=1S/C19H23ClN2O2/c1-19(23)7-10-24-12-15(19)18-3-2-9-22(18)17-6-8-21-16-11-13(20)4-5-14(16)17/h4-6,8,11,15,18,23H,2-3,7,9-10,12H2,1H3/t15-,18+,19-/m0/s1. The van der Waals surface area contributed by atoms with Crippen LogP contribution in [0.25, 0.3) is 10.9 Å². The van der Waals surface area contributed by atoms with E-state index in [1.807, 2.05) is 31.3 Å². The number of aromatic nitrogens is 1. The van der Waals surface area contributed by atoms with E-state index < -0.39 is 5.60 Å². The molecule has 1 aromatic heterocycles. The van der Waals surface area contributed by atoms with Crippen molar-refractivity contribution in [3.8, 4) is 0 Å². The molecule has 24 heavy (non-hydrogen) atoms. The number of fused-ring (bicyclic) bond motifs is 1. The Balaban J connectivity index is 1.73. The number of benzene rings is 1. The zero-order chi connectivity index (χ0) is 16.7. The molecule has 0 spiro atoms. The first-order valence-corrected chi connectivity index (χ1v) is 9.05. The molecule has 2 aromatic rings. The molecule has 1 aromatic carbocycles. The lowest BCUT2D eigenvalue weighted by Gasteiger charge is -2.44. The number of hydrogen-bond donors (Lipinski definition) is 1. The zero-order valence-electron chi connectivity index (χ0n) is 13.9. The van der Waals surface area contributed by atoms with Gasteiger partial charge >= 0.3 is 0 Å². The van der Waals surface area contributed by atoms with Gasteiger partial charge in [-0.1, -0.05) is 11.6 Å². The van der Waals surface area contributed by atoms with Crippen LogP contribution in [-0.4, -0.2) is 41.5 Å². The van der Waals surface area contributed by atoms with E-state index in [2.05, 4.69) is 16.0 Å². The summed E-state index contributed by atoms with van der Waals surface area (Å²) in [5, 5.41) is 12.7. The predicted molar refractivity (Wildman–Crippen MR) is 96.7 cm³/mol. The summed E-state index contributed by atoms with van der Waals surface area (Å²) in [5.41, 5.74) is 1.43. The average Bonchev–Trinajstić information content (AvgIpc) is 3.02. The number of halogens is 1. The molecule has 2 aliphatic heterocycles. The molecule has 0 amide bonds. The van der Waals surface area contributed by atoms with E-state index in [1.165, 1.54) is 5.69 Å². The molecule has 2 fully saturated rings. The van der Waals surface area contributed by atoms with Gasteiger partial charge in [0.25, 0.3) is 0 Å². The summed E-state index contributed by atoms with van der Waals surface area (Å²) >= 11 is 6.12. The molecule has 3 atom stereocenters. The van der Waals surface area contributed by atoms with Gasteiger partial charge in [0.2, 0.25) is 0 Å². The van der Waals surface area contributed by atoms with Crippen molar-refractivity contribution in [3.05, 3.63) is 35.5 Å². The maximum absolute atomic E-state index is 10.9. The zero-order valence-corrected chi connectivity index (χ0v) is 14.7. The lowest BCUT2D eigenvalue weighted by Crippen LogP contribution is -2.52. The number of pyridine rings is 1. The van der Waals surface area contributed by atoms with Crippen LogP contribution in [-0.2, 0) is 4.74 Å². The van der Waals surface area contributed by atoms with E-state index in [-0.39, 0.29) is 5.92 Å². The Bertz CT molecular complexity index is 749. The van der Waals surface area contributed by atoms with Gasteiger partial charge < -0.3 is 14.7 Å². The molecule has 2 aliphatic rings. The molecule has 0 radical (unpaired) electrons. The molecule has 3 heterocycles. The summed E-state index contributed by atoms with van der Waals surface area (Å²) in [6.07, 6.45) is 4.77. The third-order valence-corrected chi connectivity index (χ3v) is 5.84. The fourth-order valence-electron chi connectivity index (χ4n) is 4.25. The van der Waals surface area contributed by atoms with Crippen molar-refractivity contribution in [2.24, 2.45) is 5.92 Å². The maximum atomic E-state index is 10.9. The third-order valence-electron chi connectivity index (χ3n) is 5.60. The van der Waals surface area contributed by atoms with Gasteiger partial charge in [-0.05, 0) is 50.5 Å². The number of ether oxygens (including phenoxy) is 1. The molecule has 0 unspecified atom stereocenters. The van der Waals surface area contributed by atoms with Crippen molar-refractivity contribution in [1.82, 2.24) is 4.98 Å². The highest BCUT2D eigenvalue weighted by Gasteiger charge is 2.44. The molecule has 5 heteroatoms. The summed E-state index contributed by atoms with van der Waals surface area (Å²) < 4.78 is 5.70. The van der Waals surface area contributed by atoms with Crippen LogP contribution in [0.3, 0.4) is 0 Å². The van der Waals surface area contributed by atoms with Crippen LogP contribution in [0.4, 0.5) is 5.69 Å². The monoisotopic (exact) mass is 346 g/mol. The smallest absolute Gasteiger partial charge is 0.0737 e. The number of hydrogen-bond acceptors (Lipinski definition) is 4. The Morgan fingerprint density at radius 2 is 2.25 bits per heavy atom. The van der Waals surface area contributed by atoms with Crippen molar-refractivity contribution < 1.29 is 9.84 Å². The highest BCUT2D eigenvalue weighted by molar-refractivity contribution is 6.31. The minimum Gasteiger partial charge on any atom is -0.390 e. The fraction of sp³-hybridized carbons (Fsp3) is 0.526. The molecular formula is C19H23ClN2O2. The van der Waals surface area contributed by atoms with Crippen LogP contribution in [0.2, 0.25) is 5.02 Å². The van der Waals surface area contributed by atoms with Gasteiger partial charge in [-0.25, -0.2) is 0 Å². The Hall–Kier alpha value is -1.36. The van der Waals surface area contributed by atoms with Gasteiger partial charge in [0.1, 0.15) is 0 Å². The third kappa shape index (κ3) is 2.77. The largest absolute Gasteiger partial charge is 0.390 e. The van der Waals surface area contributed by atoms with E-state index in [0.717, 1.165) is 30.3 Å². The average molecular weight is 347 g/mol. The number of aliphatic hydroxyl groups is 1. The maximum Gasteiger partial charge on any atom is 0.0737 e. The molecule has 128 valence electrons. The lowest BCUT2D eigenvalue weighted by atomic mass is 9.79. The predicted octanol–water partition coefficient (Wildman–Crippen LogP) is 3.64. The Labute approximate surface area is 147 Å². The van der Waals surface area contributed by atoms with Gasteiger partial charge in [0.05, 0.1) is 17.7 Å². The summed E-state index contributed by atoms with van der Waals surface area (Å²) in [6.45, 7) is 4.23. The highest BCUT2D eigenvalue weighted by atomic mass is 35.5. The quantitative estimate of drug-likeness (QED) is 0.901. The van der Waals surface area contributed by atoms with E-state index in [4.69, 9.17) is 16.3 Å². The van der Waals surface area contributed by atoms with Crippen molar-refractivity contribution in [2.45, 2.75) is 37.8 Å². The van der Waals surface area contributed by atoms with E-state index in [9.17, 15) is 5.11 Å². The first-order chi connectivity index (χ1) is 11.6. The van der Waals surface area contributed by atoms with Crippen molar-refractivity contribution in [1.29, 1.82) is 0 Å². The number of nitrogens with zero attached hydrogens (tertiary/aromatic N) is 2. The van der Waals surface area contributed by atoms with E-state index >= 15 is 0 Å². The van der Waals surface area contributed by atoms with Crippen molar-refractivity contribution in [3.63, 3.8) is 0 Å². The second-order valence-electron chi connectivity index (χ2n) is 7.18. The molecule has 0 saturated carbocycles. The Morgan fingerprint density at radius 3 is 3.08 bits per heavy atom. The second-order valence-corrected chi connectivity index (χ2v) is 7.62. The summed E-state index contributed by atoms with van der Waals surface area (Å²) in [4.78, 5) is 6.89. The van der Waals surface area contributed by atoms with Crippen molar-refractivity contribution in [2.75, 3.05) is 24.7 Å². The number of anilines is 1. The Morgan fingerprint density at radius 1 is 1.38 bits per heavy atom. The molecular weight excluding hydrogens is 324 g/mol. The summed E-state index contributed by atoms with van der Waals surface area (Å²) in [5.74, 6) is 0.129. The van der Waals surface area contributed by atoms with Gasteiger partial charge in [-0.3, -0.25) is 4.98 Å². The second kappa shape index (κ2) is 6.17. The van der Waals surface area contributed by atoms with Crippen molar-refractivity contribution >= 4 is 28.2 Å². The van der Waals surface area contributed by atoms with E-state index in [1.54, 1.807) is 0 Å². The highest BCUT2D eigenvalue weighted by Crippen LogP contribution is 2.40. The van der Waals surface area contributed by atoms with Gasteiger partial charge in [-0.2, -0.15) is 0 Å². The topological polar surface area (TPSA) is 45.6 Å². The van der Waals surface area contributed by atoms with Crippen LogP contribution < -0.4 is 4.90 Å². The fourth-order valence-corrected chi connectivity index (χ4v) is 4.41. The Kier molecular flexibility index (Phi) is 4.15. The summed E-state index contributed by atoms with van der Waals surface area (Å²) in [6, 6.07) is 8.24. The molecule has 4 nitrogen and oxygen atoms in total. The van der Waals surface area contributed by atoms with Crippen LogP contribution in [0.1, 0.15) is 26.2 Å². The van der Waals surface area contributed by atoms with Gasteiger partial charge in [0.15, 0.2) is 0 Å². The molecule has 2 saturated heterocycles. The van der Waals surface area contributed by atoms with Crippen LogP contribution in [0, 0.1) is 5.92 Å². The summed E-state index contributed by atoms with van der Waals surface area (Å²) in [7, 11) is 0. The van der Waals surface area contributed by atoms with Crippen LogP contribution >= 0.6 is 11.6 Å². The van der Waals surface area contributed by atoms with Gasteiger partial charge in [-0.15, -0.1) is 0 Å². The first kappa shape index (κ1) is 16.1. The lowest BCUT2D eigenvalue weighted by molar-refractivity contribution is -0.108. The molecule has 1 N–H and O–H groups in total. The van der Waals surface area contributed by atoms with Gasteiger partial charge in [0, 0.05) is 47.4 Å². The normalized spacial score (nSPS) is 30.9. The molecule has 0 bridgehead atoms. The van der Waals surface area contributed by atoms with Crippen LogP contribution in [0.5, 0.6) is 0 Å². The van der Waals surface area contributed by atoms with Crippen LogP contribution in [0.15, 0.2) is 30.5 Å². The molecule has 4 rings (SSSR count). The van der Waals surface area contributed by atoms with E-state index in [0.29, 0.717) is 30.7 Å². The number of rotatable bonds is 2. The SMILES string of the molecule is C[C@]1(O)CCOC[C@H]1[C@H]1CCCN1c1ccnc2cc(Cl)ccc12. The minimum atomic E-state index is -0.669. The minimum absolute atomic E-state index is 0.129. The molecule has 0 aliphatic carbocycles. The first-order valence-electron chi connectivity index (χ1n) is 8.67.